The molecule has 0 bridgehead atoms. The summed E-state index contributed by atoms with van der Waals surface area (Å²) in [6, 6.07) is 0. The van der Waals surface area contributed by atoms with Crippen LogP contribution < -0.4 is 0 Å². The van der Waals surface area contributed by atoms with Gasteiger partial charge < -0.3 is 4.74 Å². The second-order valence-corrected chi connectivity index (χ2v) is 4.27. The Morgan fingerprint density at radius 2 is 2.29 bits per heavy atom. The van der Waals surface area contributed by atoms with E-state index in [9.17, 15) is 4.79 Å². The normalized spacial score (nSPS) is 27.9. The maximum atomic E-state index is 11.0. The number of hydrogen-bond acceptors (Lipinski definition) is 3. The van der Waals surface area contributed by atoms with Crippen molar-refractivity contribution in [3.63, 3.8) is 0 Å². The topological polar surface area (TPSA) is 29.5 Å². The van der Waals surface area contributed by atoms with Gasteiger partial charge in [-0.3, -0.25) is 9.69 Å². The number of carbonyl (C=O) groups is 1. The van der Waals surface area contributed by atoms with Gasteiger partial charge in [0.05, 0.1) is 13.5 Å². The smallest absolute Gasteiger partial charge is 0.306 e. The fourth-order valence-electron chi connectivity index (χ4n) is 2.19. The number of hydrogen-bond donors (Lipinski definition) is 0. The molecule has 3 nitrogen and oxygen atoms in total. The van der Waals surface area contributed by atoms with Crippen LogP contribution in [-0.2, 0) is 9.53 Å². The van der Waals surface area contributed by atoms with E-state index in [0.717, 1.165) is 19.5 Å². The van der Waals surface area contributed by atoms with Crippen LogP contribution in [0.4, 0.5) is 0 Å². The second-order valence-electron chi connectivity index (χ2n) is 4.27. The van der Waals surface area contributed by atoms with Crippen molar-refractivity contribution in [1.82, 2.24) is 4.90 Å². The molecule has 1 fully saturated rings. The largest absolute Gasteiger partial charge is 0.469 e. The van der Waals surface area contributed by atoms with Gasteiger partial charge >= 0.3 is 5.97 Å². The van der Waals surface area contributed by atoms with E-state index in [0.29, 0.717) is 12.0 Å². The molecule has 0 radical (unpaired) electrons. The number of ether oxygens (including phenoxy) is 1. The third kappa shape index (κ3) is 2.47. The van der Waals surface area contributed by atoms with Crippen LogP contribution >= 0.6 is 0 Å². The molecule has 1 aliphatic rings. The molecule has 1 unspecified atom stereocenters. The number of likely N-dealkylation sites (tertiary alicyclic amines) is 1. The monoisotopic (exact) mass is 199 g/mol. The summed E-state index contributed by atoms with van der Waals surface area (Å²) in [7, 11) is 1.45. The molecule has 1 heterocycles. The Morgan fingerprint density at radius 3 is 2.86 bits per heavy atom. The van der Waals surface area contributed by atoms with Crippen LogP contribution in [0.1, 0.15) is 39.5 Å². The number of esters is 1. The van der Waals surface area contributed by atoms with E-state index in [1.54, 1.807) is 0 Å². The third-order valence-corrected chi connectivity index (χ3v) is 3.48. The summed E-state index contributed by atoms with van der Waals surface area (Å²) >= 11 is 0. The summed E-state index contributed by atoms with van der Waals surface area (Å²) in [4.78, 5) is 13.4. The minimum atomic E-state index is -0.102. The van der Waals surface area contributed by atoms with Crippen molar-refractivity contribution in [3.05, 3.63) is 0 Å². The van der Waals surface area contributed by atoms with Gasteiger partial charge in [-0.15, -0.1) is 0 Å². The maximum Gasteiger partial charge on any atom is 0.306 e. The van der Waals surface area contributed by atoms with Gasteiger partial charge in [-0.05, 0) is 32.7 Å². The molecule has 0 saturated carbocycles. The lowest BCUT2D eigenvalue weighted by molar-refractivity contribution is -0.141. The van der Waals surface area contributed by atoms with Crippen LogP contribution in [-0.4, -0.2) is 36.6 Å². The van der Waals surface area contributed by atoms with Crippen molar-refractivity contribution in [2.24, 2.45) is 0 Å². The highest BCUT2D eigenvalue weighted by Gasteiger charge is 2.34. The first kappa shape index (κ1) is 11.5. The molecular weight excluding hydrogens is 178 g/mol. The zero-order chi connectivity index (χ0) is 10.6. The lowest BCUT2D eigenvalue weighted by Gasteiger charge is -2.34. The molecule has 1 atom stereocenters. The molecule has 0 aromatic heterocycles. The van der Waals surface area contributed by atoms with Crippen molar-refractivity contribution < 1.29 is 9.53 Å². The van der Waals surface area contributed by atoms with Crippen molar-refractivity contribution in [1.29, 1.82) is 0 Å². The van der Waals surface area contributed by atoms with E-state index < -0.39 is 0 Å². The predicted octanol–water partition coefficient (Wildman–Crippen LogP) is 1.81. The van der Waals surface area contributed by atoms with Gasteiger partial charge in [0.1, 0.15) is 0 Å². The van der Waals surface area contributed by atoms with Crippen molar-refractivity contribution in [2.75, 3.05) is 20.2 Å². The van der Waals surface area contributed by atoms with E-state index in [4.69, 9.17) is 0 Å². The van der Waals surface area contributed by atoms with E-state index in [1.807, 2.05) is 0 Å². The van der Waals surface area contributed by atoms with Crippen LogP contribution in [0.2, 0.25) is 0 Å². The summed E-state index contributed by atoms with van der Waals surface area (Å²) in [5.74, 6) is -0.102. The first-order valence-corrected chi connectivity index (χ1v) is 5.44. The highest BCUT2D eigenvalue weighted by Crippen LogP contribution is 2.31. The molecule has 1 rings (SSSR count). The SMILES string of the molecule is CCC1(C)CCCN1CCC(=O)OC. The molecule has 1 aliphatic heterocycles. The van der Waals surface area contributed by atoms with Crippen LogP contribution in [0.25, 0.3) is 0 Å². The standard InChI is InChI=1S/C11H21NO2/c1-4-11(2)7-5-8-12(11)9-6-10(13)14-3/h4-9H2,1-3H3. The zero-order valence-corrected chi connectivity index (χ0v) is 9.51. The van der Waals surface area contributed by atoms with Gasteiger partial charge in [0.15, 0.2) is 0 Å². The summed E-state index contributed by atoms with van der Waals surface area (Å²) in [5.41, 5.74) is 0.314. The maximum absolute atomic E-state index is 11.0. The molecule has 0 aromatic carbocycles. The van der Waals surface area contributed by atoms with E-state index in [1.165, 1.54) is 20.0 Å². The van der Waals surface area contributed by atoms with Crippen LogP contribution in [0, 0.1) is 0 Å². The predicted molar refractivity (Wildman–Crippen MR) is 56.1 cm³/mol. The Kier molecular flexibility index (Phi) is 3.93. The van der Waals surface area contributed by atoms with E-state index in [-0.39, 0.29) is 5.97 Å². The highest BCUT2D eigenvalue weighted by atomic mass is 16.5. The van der Waals surface area contributed by atoms with Gasteiger partial charge in [-0.25, -0.2) is 0 Å². The second kappa shape index (κ2) is 4.78. The third-order valence-electron chi connectivity index (χ3n) is 3.48. The fourth-order valence-corrected chi connectivity index (χ4v) is 2.19. The quantitative estimate of drug-likeness (QED) is 0.647. The molecule has 82 valence electrons. The molecule has 0 aliphatic carbocycles. The number of carbonyl (C=O) groups excluding carboxylic acids is 1. The fraction of sp³-hybridized carbons (Fsp3) is 0.909. The van der Waals surface area contributed by atoms with Gasteiger partial charge in [0.2, 0.25) is 0 Å². The molecule has 3 heteroatoms. The van der Waals surface area contributed by atoms with Gasteiger partial charge in [-0.2, -0.15) is 0 Å². The molecule has 0 spiro atoms. The lowest BCUT2D eigenvalue weighted by atomic mass is 9.95. The molecule has 0 aromatic rings. The minimum Gasteiger partial charge on any atom is -0.469 e. The highest BCUT2D eigenvalue weighted by molar-refractivity contribution is 5.69. The number of methoxy groups -OCH3 is 1. The molecule has 14 heavy (non-hydrogen) atoms. The van der Waals surface area contributed by atoms with Crippen molar-refractivity contribution in [2.45, 2.75) is 45.1 Å². The van der Waals surface area contributed by atoms with Gasteiger partial charge in [0.25, 0.3) is 0 Å². The average Bonchev–Trinajstić information content (AvgIpc) is 2.57. The van der Waals surface area contributed by atoms with Gasteiger partial charge in [-0.1, -0.05) is 6.92 Å². The van der Waals surface area contributed by atoms with Crippen LogP contribution in [0.3, 0.4) is 0 Å². The van der Waals surface area contributed by atoms with E-state index >= 15 is 0 Å². The first-order chi connectivity index (χ1) is 6.62. The molecule has 0 amide bonds. The number of rotatable bonds is 4. The Hall–Kier alpha value is -0.570. The Bertz CT molecular complexity index is 205. The molecule has 1 saturated heterocycles. The summed E-state index contributed by atoms with van der Waals surface area (Å²) in [6.45, 7) is 6.48. The van der Waals surface area contributed by atoms with Crippen LogP contribution in [0.5, 0.6) is 0 Å². The molecule has 0 N–H and O–H groups in total. The average molecular weight is 199 g/mol. The summed E-state index contributed by atoms with van der Waals surface area (Å²) < 4.78 is 4.65. The Morgan fingerprint density at radius 1 is 1.57 bits per heavy atom. The zero-order valence-electron chi connectivity index (χ0n) is 9.51. The minimum absolute atomic E-state index is 0.102. The van der Waals surface area contributed by atoms with E-state index in [2.05, 4.69) is 23.5 Å². The Balaban J connectivity index is 2.40. The van der Waals surface area contributed by atoms with Gasteiger partial charge in [0, 0.05) is 12.1 Å². The molecular formula is C11H21NO2. The Labute approximate surface area is 86.4 Å². The number of nitrogens with zero attached hydrogens (tertiary/aromatic N) is 1. The first-order valence-electron chi connectivity index (χ1n) is 5.44. The summed E-state index contributed by atoms with van der Waals surface area (Å²) in [6.07, 6.45) is 4.19. The van der Waals surface area contributed by atoms with Crippen LogP contribution in [0.15, 0.2) is 0 Å². The lowest BCUT2D eigenvalue weighted by Crippen LogP contribution is -2.41. The van der Waals surface area contributed by atoms with Crippen molar-refractivity contribution >= 4 is 5.97 Å². The van der Waals surface area contributed by atoms with Crippen molar-refractivity contribution in [3.8, 4) is 0 Å². The summed E-state index contributed by atoms with van der Waals surface area (Å²) in [5, 5.41) is 0.